The number of halogens is 3. The van der Waals surface area contributed by atoms with Crippen LogP contribution in [0, 0.1) is 10.1 Å². The lowest BCUT2D eigenvalue weighted by molar-refractivity contribution is -0.388. The highest BCUT2D eigenvalue weighted by Crippen LogP contribution is 2.37. The topological polar surface area (TPSA) is 67.2 Å². The van der Waals surface area contributed by atoms with E-state index in [1.807, 2.05) is 0 Å². The van der Waals surface area contributed by atoms with Crippen LogP contribution in [0.3, 0.4) is 0 Å². The number of hydrogen-bond donors (Lipinski definition) is 2. The Balaban J connectivity index is 2.04. The highest BCUT2D eigenvalue weighted by Gasteiger charge is 2.38. The van der Waals surface area contributed by atoms with Gasteiger partial charge in [0.05, 0.1) is 4.92 Å². The molecular formula is C13H16F3N3O2. The molecule has 116 valence electrons. The number of hydrogen-bond acceptors (Lipinski definition) is 4. The predicted octanol–water partition coefficient (Wildman–Crippen LogP) is 3.17. The van der Waals surface area contributed by atoms with Gasteiger partial charge in [-0.1, -0.05) is 0 Å². The lowest BCUT2D eigenvalue weighted by Crippen LogP contribution is -2.24. The predicted molar refractivity (Wildman–Crippen MR) is 72.2 cm³/mol. The van der Waals surface area contributed by atoms with Crippen molar-refractivity contribution in [1.82, 2.24) is 5.32 Å². The summed E-state index contributed by atoms with van der Waals surface area (Å²) < 4.78 is 38.4. The smallest absolute Gasteiger partial charge is 0.385 e. The molecule has 0 unspecified atom stereocenters. The van der Waals surface area contributed by atoms with Gasteiger partial charge in [-0.3, -0.25) is 10.1 Å². The monoisotopic (exact) mass is 303 g/mol. The van der Waals surface area contributed by atoms with E-state index in [9.17, 15) is 23.3 Å². The van der Waals surface area contributed by atoms with Crippen LogP contribution in [0.2, 0.25) is 0 Å². The van der Waals surface area contributed by atoms with Crippen LogP contribution in [0.15, 0.2) is 18.2 Å². The van der Waals surface area contributed by atoms with E-state index in [4.69, 9.17) is 0 Å². The first-order valence-corrected chi connectivity index (χ1v) is 6.71. The molecule has 0 saturated carbocycles. The van der Waals surface area contributed by atoms with E-state index in [1.54, 1.807) is 0 Å². The van der Waals surface area contributed by atoms with Crippen LogP contribution in [-0.2, 0) is 6.18 Å². The first-order valence-electron chi connectivity index (χ1n) is 6.71. The van der Waals surface area contributed by atoms with Crippen molar-refractivity contribution < 1.29 is 18.1 Å². The van der Waals surface area contributed by atoms with E-state index < -0.39 is 22.4 Å². The van der Waals surface area contributed by atoms with Crippen molar-refractivity contribution >= 4 is 11.4 Å². The molecule has 0 radical (unpaired) electrons. The Bertz CT molecular complexity index is 514. The SMILES string of the molecule is O=[N+]([O-])c1ccc(NCC[C@@H]2CCCN2)cc1C(F)(F)F. The van der Waals surface area contributed by atoms with Crippen molar-refractivity contribution in [3.05, 3.63) is 33.9 Å². The molecule has 1 heterocycles. The molecule has 0 bridgehead atoms. The molecule has 1 aromatic carbocycles. The van der Waals surface area contributed by atoms with Gasteiger partial charge in [-0.15, -0.1) is 0 Å². The molecule has 1 fully saturated rings. The average molecular weight is 303 g/mol. The van der Waals surface area contributed by atoms with Crippen molar-refractivity contribution in [3.63, 3.8) is 0 Å². The molecule has 0 aliphatic carbocycles. The van der Waals surface area contributed by atoms with Gasteiger partial charge in [-0.2, -0.15) is 13.2 Å². The van der Waals surface area contributed by atoms with E-state index >= 15 is 0 Å². The van der Waals surface area contributed by atoms with Crippen molar-refractivity contribution in [2.45, 2.75) is 31.5 Å². The Morgan fingerprint density at radius 2 is 2.19 bits per heavy atom. The zero-order valence-electron chi connectivity index (χ0n) is 11.2. The maximum Gasteiger partial charge on any atom is 0.423 e. The van der Waals surface area contributed by atoms with Gasteiger partial charge in [-0.25, -0.2) is 0 Å². The minimum absolute atomic E-state index is 0.242. The number of nitro benzene ring substituents is 1. The van der Waals surface area contributed by atoms with Crippen LogP contribution in [-0.4, -0.2) is 24.1 Å². The molecule has 21 heavy (non-hydrogen) atoms. The quantitative estimate of drug-likeness (QED) is 0.647. The fourth-order valence-electron chi connectivity index (χ4n) is 2.43. The number of benzene rings is 1. The minimum atomic E-state index is -4.74. The summed E-state index contributed by atoms with van der Waals surface area (Å²) in [7, 11) is 0. The van der Waals surface area contributed by atoms with Gasteiger partial charge in [-0.05, 0) is 37.9 Å². The van der Waals surface area contributed by atoms with E-state index in [0.29, 0.717) is 12.6 Å². The Kier molecular flexibility index (Phi) is 4.66. The number of alkyl halides is 3. The van der Waals surface area contributed by atoms with Crippen LogP contribution in [0.5, 0.6) is 0 Å². The van der Waals surface area contributed by atoms with Gasteiger partial charge in [0.15, 0.2) is 0 Å². The summed E-state index contributed by atoms with van der Waals surface area (Å²) in [5.74, 6) is 0. The van der Waals surface area contributed by atoms with Crippen molar-refractivity contribution in [3.8, 4) is 0 Å². The van der Waals surface area contributed by atoms with E-state index in [-0.39, 0.29) is 5.69 Å². The van der Waals surface area contributed by atoms with E-state index in [1.165, 1.54) is 6.07 Å². The molecule has 5 nitrogen and oxygen atoms in total. The summed E-state index contributed by atoms with van der Waals surface area (Å²) >= 11 is 0. The van der Waals surface area contributed by atoms with Crippen LogP contribution >= 0.6 is 0 Å². The molecule has 1 aliphatic heterocycles. The van der Waals surface area contributed by atoms with Gasteiger partial charge in [0, 0.05) is 24.3 Å². The molecule has 2 N–H and O–H groups in total. The maximum absolute atomic E-state index is 12.8. The highest BCUT2D eigenvalue weighted by atomic mass is 19.4. The summed E-state index contributed by atoms with van der Waals surface area (Å²) in [6, 6.07) is 3.37. The standard InChI is InChI=1S/C13H16F3N3O2/c14-13(15,16)11-8-10(3-4-12(11)19(20)21)18-7-5-9-2-1-6-17-9/h3-4,8-9,17-18H,1-2,5-7H2/t9-/m0/s1. The first kappa shape index (κ1) is 15.6. The molecule has 1 aromatic rings. The number of nitro groups is 1. The Morgan fingerprint density at radius 1 is 1.43 bits per heavy atom. The van der Waals surface area contributed by atoms with Gasteiger partial charge < -0.3 is 10.6 Å². The molecule has 2 rings (SSSR count). The maximum atomic E-state index is 12.8. The minimum Gasteiger partial charge on any atom is -0.385 e. The third-order valence-corrected chi connectivity index (χ3v) is 3.48. The summed E-state index contributed by atoms with van der Waals surface area (Å²) in [5.41, 5.74) is -1.91. The summed E-state index contributed by atoms with van der Waals surface area (Å²) in [6.07, 6.45) is -1.76. The molecule has 0 spiro atoms. The van der Waals surface area contributed by atoms with Crippen molar-refractivity contribution in [2.24, 2.45) is 0 Å². The summed E-state index contributed by atoms with van der Waals surface area (Å²) in [5, 5.41) is 16.8. The van der Waals surface area contributed by atoms with Crippen molar-refractivity contribution in [1.29, 1.82) is 0 Å². The Morgan fingerprint density at radius 3 is 2.76 bits per heavy atom. The molecule has 0 aromatic heterocycles. The second-order valence-electron chi connectivity index (χ2n) is 5.00. The second-order valence-corrected chi connectivity index (χ2v) is 5.00. The van der Waals surface area contributed by atoms with Gasteiger partial charge in [0.1, 0.15) is 5.56 Å². The van der Waals surface area contributed by atoms with Crippen LogP contribution in [0.25, 0.3) is 0 Å². The number of nitrogens with one attached hydrogen (secondary N) is 2. The Labute approximate surface area is 119 Å². The zero-order chi connectivity index (χ0) is 15.5. The number of rotatable bonds is 5. The van der Waals surface area contributed by atoms with E-state index in [2.05, 4.69) is 10.6 Å². The van der Waals surface area contributed by atoms with Crippen LogP contribution in [0.1, 0.15) is 24.8 Å². The Hall–Kier alpha value is -1.83. The molecule has 1 atom stereocenters. The van der Waals surface area contributed by atoms with Gasteiger partial charge in [0.25, 0.3) is 5.69 Å². The molecule has 0 amide bonds. The first-order chi connectivity index (χ1) is 9.88. The van der Waals surface area contributed by atoms with Gasteiger partial charge >= 0.3 is 6.18 Å². The molecular weight excluding hydrogens is 287 g/mol. The summed E-state index contributed by atoms with van der Waals surface area (Å²) in [4.78, 5) is 9.63. The highest BCUT2D eigenvalue weighted by molar-refractivity contribution is 5.55. The zero-order valence-corrected chi connectivity index (χ0v) is 11.2. The fourth-order valence-corrected chi connectivity index (χ4v) is 2.43. The third-order valence-electron chi connectivity index (χ3n) is 3.48. The second kappa shape index (κ2) is 6.30. The summed E-state index contributed by atoms with van der Waals surface area (Å²) in [6.45, 7) is 1.49. The fraction of sp³-hybridized carbons (Fsp3) is 0.538. The lowest BCUT2D eigenvalue weighted by Gasteiger charge is -2.13. The van der Waals surface area contributed by atoms with Crippen molar-refractivity contribution in [2.75, 3.05) is 18.4 Å². The van der Waals surface area contributed by atoms with Crippen LogP contribution in [0.4, 0.5) is 24.5 Å². The number of anilines is 1. The molecule has 1 aliphatic rings. The van der Waals surface area contributed by atoms with Crippen LogP contribution < -0.4 is 10.6 Å². The largest absolute Gasteiger partial charge is 0.423 e. The lowest BCUT2D eigenvalue weighted by atomic mass is 10.1. The molecule has 1 saturated heterocycles. The number of nitrogens with zero attached hydrogens (tertiary/aromatic N) is 1. The third kappa shape index (κ3) is 4.07. The molecule has 8 heteroatoms. The van der Waals surface area contributed by atoms with Gasteiger partial charge in [0.2, 0.25) is 0 Å². The average Bonchev–Trinajstić information content (AvgIpc) is 2.90. The van der Waals surface area contributed by atoms with E-state index in [0.717, 1.165) is 37.9 Å². The normalized spacial score (nSPS) is 18.7.